The fourth-order valence-corrected chi connectivity index (χ4v) is 3.49. The summed E-state index contributed by atoms with van der Waals surface area (Å²) in [6.07, 6.45) is -1.05. The molecule has 30 heavy (non-hydrogen) atoms. The highest BCUT2D eigenvalue weighted by molar-refractivity contribution is 7.13. The van der Waals surface area contributed by atoms with E-state index in [1.54, 1.807) is 23.1 Å². The van der Waals surface area contributed by atoms with Gasteiger partial charge in [0.1, 0.15) is 10.7 Å². The average Bonchev–Trinajstić information content (AvgIpc) is 3.38. The first-order valence-corrected chi connectivity index (χ1v) is 9.64. The summed E-state index contributed by atoms with van der Waals surface area (Å²) >= 11 is 1.09. The van der Waals surface area contributed by atoms with E-state index in [-0.39, 0.29) is 5.69 Å². The van der Waals surface area contributed by atoms with Gasteiger partial charge in [-0.25, -0.2) is 4.98 Å². The maximum atomic E-state index is 12.9. The number of anilines is 1. The highest BCUT2D eigenvalue weighted by atomic mass is 32.1. The molecule has 0 aliphatic heterocycles. The van der Waals surface area contributed by atoms with Crippen LogP contribution >= 0.6 is 11.3 Å². The van der Waals surface area contributed by atoms with Crippen LogP contribution in [0.2, 0.25) is 0 Å². The average molecular weight is 429 g/mol. The molecule has 0 atom stereocenters. The number of benzene rings is 1. The van der Waals surface area contributed by atoms with Crippen molar-refractivity contribution >= 4 is 23.1 Å². The first-order chi connectivity index (χ1) is 14.4. The molecule has 0 bridgehead atoms. The third-order valence-corrected chi connectivity index (χ3v) is 5.00. The van der Waals surface area contributed by atoms with E-state index in [2.05, 4.69) is 20.4 Å². The second-order valence-electron chi connectivity index (χ2n) is 6.29. The van der Waals surface area contributed by atoms with Gasteiger partial charge in [-0.15, -0.1) is 11.3 Å². The van der Waals surface area contributed by atoms with Gasteiger partial charge in [-0.1, -0.05) is 18.2 Å². The van der Waals surface area contributed by atoms with Gasteiger partial charge in [-0.2, -0.15) is 18.3 Å². The Morgan fingerprint density at radius 3 is 2.77 bits per heavy atom. The summed E-state index contributed by atoms with van der Waals surface area (Å²) in [5, 5.41) is 8.73. The molecule has 1 N–H and O–H groups in total. The van der Waals surface area contributed by atoms with Crippen LogP contribution in [0, 0.1) is 0 Å². The fourth-order valence-electron chi connectivity index (χ4n) is 2.69. The number of hydrogen-bond acceptors (Lipinski definition) is 5. The second-order valence-corrected chi connectivity index (χ2v) is 7.15. The first kappa shape index (κ1) is 19.8. The molecule has 0 aliphatic carbocycles. The Balaban J connectivity index is 1.45. The van der Waals surface area contributed by atoms with Crippen molar-refractivity contribution in [1.82, 2.24) is 19.7 Å². The highest BCUT2D eigenvalue weighted by Gasteiger charge is 2.30. The number of nitrogens with one attached hydrogen (secondary N) is 1. The lowest BCUT2D eigenvalue weighted by atomic mass is 10.1. The van der Waals surface area contributed by atoms with Crippen molar-refractivity contribution in [3.63, 3.8) is 0 Å². The molecule has 0 saturated heterocycles. The molecule has 0 fully saturated rings. The van der Waals surface area contributed by atoms with Crippen LogP contribution < -0.4 is 5.32 Å². The van der Waals surface area contributed by atoms with Gasteiger partial charge in [0.15, 0.2) is 5.82 Å². The zero-order valence-corrected chi connectivity index (χ0v) is 16.1. The molecule has 0 saturated carbocycles. The molecule has 0 unspecified atom stereocenters. The predicted molar refractivity (Wildman–Crippen MR) is 106 cm³/mol. The molecule has 4 rings (SSSR count). The van der Waals surface area contributed by atoms with Crippen LogP contribution in [0.3, 0.4) is 0 Å². The Morgan fingerprint density at radius 1 is 1.13 bits per heavy atom. The lowest BCUT2D eigenvalue weighted by molar-refractivity contribution is -0.137. The number of pyridine rings is 1. The number of thiazole rings is 1. The van der Waals surface area contributed by atoms with Crippen LogP contribution in [-0.4, -0.2) is 25.7 Å². The topological polar surface area (TPSA) is 72.7 Å². The molecule has 10 heteroatoms. The monoisotopic (exact) mass is 429 g/mol. The van der Waals surface area contributed by atoms with Gasteiger partial charge in [0.25, 0.3) is 5.91 Å². The van der Waals surface area contributed by atoms with Crippen molar-refractivity contribution in [2.45, 2.75) is 12.7 Å². The number of aromatic nitrogens is 4. The van der Waals surface area contributed by atoms with Crippen LogP contribution in [0.4, 0.5) is 19.0 Å². The molecular weight excluding hydrogens is 415 g/mol. The van der Waals surface area contributed by atoms with Crippen molar-refractivity contribution in [3.8, 4) is 10.6 Å². The zero-order chi connectivity index (χ0) is 21.1. The fraction of sp³-hybridized carbons (Fsp3) is 0.100. The number of hydrogen-bond donors (Lipinski definition) is 1. The number of carbonyl (C=O) groups excluding carboxylic acids is 1. The van der Waals surface area contributed by atoms with E-state index in [4.69, 9.17) is 0 Å². The molecule has 1 amide bonds. The van der Waals surface area contributed by atoms with Crippen molar-refractivity contribution in [1.29, 1.82) is 0 Å². The van der Waals surface area contributed by atoms with Crippen LogP contribution in [0.1, 0.15) is 21.7 Å². The highest BCUT2D eigenvalue weighted by Crippen LogP contribution is 2.33. The maximum absolute atomic E-state index is 12.9. The van der Waals surface area contributed by atoms with E-state index in [9.17, 15) is 18.0 Å². The van der Waals surface area contributed by atoms with Crippen LogP contribution in [0.25, 0.3) is 10.6 Å². The quantitative estimate of drug-likeness (QED) is 0.498. The standard InChI is InChI=1S/C20H14F3N5OS/c21-20(22,23)14-5-3-4-13(10-14)19-25-16(12-30-19)18(29)26-17-7-9-28(27-17)11-15-6-1-2-8-24-15/h1-10,12H,11H2,(H,26,27,29). The third kappa shape index (κ3) is 4.54. The molecule has 3 aromatic heterocycles. The SMILES string of the molecule is O=C(Nc1ccn(Cc2ccccn2)n1)c1csc(-c2cccc(C(F)(F)F)c2)n1. The van der Waals surface area contributed by atoms with Crippen molar-refractivity contribution in [2.24, 2.45) is 0 Å². The van der Waals surface area contributed by atoms with E-state index >= 15 is 0 Å². The van der Waals surface area contributed by atoms with Crippen molar-refractivity contribution in [2.75, 3.05) is 5.32 Å². The normalized spacial score (nSPS) is 11.4. The number of carbonyl (C=O) groups is 1. The van der Waals surface area contributed by atoms with Crippen LogP contribution in [-0.2, 0) is 12.7 Å². The second kappa shape index (κ2) is 8.07. The van der Waals surface area contributed by atoms with Crippen LogP contribution in [0.15, 0.2) is 66.3 Å². The molecule has 152 valence electrons. The minimum atomic E-state index is -4.44. The Morgan fingerprint density at radius 2 is 2.00 bits per heavy atom. The molecule has 0 radical (unpaired) electrons. The molecular formula is C20H14F3N5OS. The number of nitrogens with zero attached hydrogens (tertiary/aromatic N) is 4. The van der Waals surface area contributed by atoms with Gasteiger partial charge < -0.3 is 5.32 Å². The number of rotatable bonds is 5. The zero-order valence-electron chi connectivity index (χ0n) is 15.3. The van der Waals surface area contributed by atoms with E-state index in [0.717, 1.165) is 29.2 Å². The summed E-state index contributed by atoms with van der Waals surface area (Å²) in [5.41, 5.74) is 0.462. The molecule has 0 aliphatic rings. The minimum absolute atomic E-state index is 0.103. The molecule has 0 spiro atoms. The van der Waals surface area contributed by atoms with E-state index in [0.29, 0.717) is 22.9 Å². The number of alkyl halides is 3. The van der Waals surface area contributed by atoms with E-state index in [1.807, 2.05) is 18.2 Å². The molecule has 1 aromatic carbocycles. The van der Waals surface area contributed by atoms with Gasteiger partial charge >= 0.3 is 6.18 Å². The predicted octanol–water partition coefficient (Wildman–Crippen LogP) is 4.72. The lowest BCUT2D eigenvalue weighted by Gasteiger charge is -2.07. The van der Waals surface area contributed by atoms with E-state index in [1.165, 1.54) is 17.5 Å². The van der Waals surface area contributed by atoms with Crippen molar-refractivity contribution < 1.29 is 18.0 Å². The van der Waals surface area contributed by atoms with Gasteiger partial charge in [0.05, 0.1) is 17.8 Å². The maximum Gasteiger partial charge on any atom is 0.416 e. The number of halogens is 3. The van der Waals surface area contributed by atoms with Crippen LogP contribution in [0.5, 0.6) is 0 Å². The number of amides is 1. The largest absolute Gasteiger partial charge is 0.416 e. The smallest absolute Gasteiger partial charge is 0.304 e. The van der Waals surface area contributed by atoms with Gasteiger partial charge in [-0.05, 0) is 24.3 Å². The van der Waals surface area contributed by atoms with Gasteiger partial charge in [0, 0.05) is 29.4 Å². The lowest BCUT2D eigenvalue weighted by Crippen LogP contribution is -2.13. The Labute approximate surface area is 173 Å². The van der Waals surface area contributed by atoms with Gasteiger partial charge in [-0.3, -0.25) is 14.5 Å². The summed E-state index contributed by atoms with van der Waals surface area (Å²) < 4.78 is 40.3. The summed E-state index contributed by atoms with van der Waals surface area (Å²) in [4.78, 5) is 20.8. The Hall–Kier alpha value is -3.53. The molecule has 3 heterocycles. The molecule has 4 aromatic rings. The summed E-state index contributed by atoms with van der Waals surface area (Å²) in [7, 11) is 0. The third-order valence-electron chi connectivity index (χ3n) is 4.11. The first-order valence-electron chi connectivity index (χ1n) is 8.76. The Bertz CT molecular complexity index is 1170. The summed E-state index contributed by atoms with van der Waals surface area (Å²) in [5.74, 6) is -0.155. The summed E-state index contributed by atoms with van der Waals surface area (Å²) in [6.45, 7) is 0.451. The molecule has 6 nitrogen and oxygen atoms in total. The van der Waals surface area contributed by atoms with E-state index < -0.39 is 17.6 Å². The minimum Gasteiger partial charge on any atom is -0.304 e. The van der Waals surface area contributed by atoms with Gasteiger partial charge in [0.2, 0.25) is 0 Å². The Kier molecular flexibility index (Phi) is 5.32. The van der Waals surface area contributed by atoms with Crippen molar-refractivity contribution in [3.05, 3.63) is 83.3 Å². The summed E-state index contributed by atoms with van der Waals surface area (Å²) in [6, 6.07) is 12.0.